The van der Waals surface area contributed by atoms with Crippen molar-refractivity contribution >= 4 is 29.1 Å². The van der Waals surface area contributed by atoms with Gasteiger partial charge in [0.25, 0.3) is 5.91 Å². The molecule has 1 aromatic rings. The summed E-state index contributed by atoms with van der Waals surface area (Å²) in [7, 11) is 0. The average molecular weight is 270 g/mol. The van der Waals surface area contributed by atoms with Gasteiger partial charge in [0.2, 0.25) is 5.91 Å². The molecule has 98 valence electrons. The van der Waals surface area contributed by atoms with Gasteiger partial charge in [-0.1, -0.05) is 0 Å². The van der Waals surface area contributed by atoms with E-state index in [2.05, 4.69) is 0 Å². The van der Waals surface area contributed by atoms with Crippen molar-refractivity contribution in [2.24, 2.45) is 5.73 Å². The molecular formula is C11H14N2O4S. The third kappa shape index (κ3) is 3.56. The van der Waals surface area contributed by atoms with Crippen molar-refractivity contribution in [3.63, 3.8) is 0 Å². The van der Waals surface area contributed by atoms with Gasteiger partial charge in [-0.15, -0.1) is 11.3 Å². The number of primary amides is 1. The van der Waals surface area contributed by atoms with Crippen LogP contribution in [0, 0.1) is 13.8 Å². The van der Waals surface area contributed by atoms with Gasteiger partial charge >= 0.3 is 5.97 Å². The van der Waals surface area contributed by atoms with E-state index >= 15 is 0 Å². The van der Waals surface area contributed by atoms with Crippen LogP contribution in [0.15, 0.2) is 6.07 Å². The number of aryl methyl sites for hydroxylation is 2. The third-order valence-corrected chi connectivity index (χ3v) is 3.20. The van der Waals surface area contributed by atoms with Gasteiger partial charge in [0, 0.05) is 9.75 Å². The van der Waals surface area contributed by atoms with Gasteiger partial charge in [-0.2, -0.15) is 0 Å². The molecule has 0 aliphatic carbocycles. The van der Waals surface area contributed by atoms with Crippen molar-refractivity contribution < 1.29 is 19.5 Å². The van der Waals surface area contributed by atoms with Crippen molar-refractivity contribution in [2.75, 3.05) is 13.1 Å². The van der Waals surface area contributed by atoms with Crippen molar-refractivity contribution in [1.29, 1.82) is 0 Å². The number of carboxylic acid groups (broad SMARTS) is 1. The molecule has 0 aliphatic rings. The maximum atomic E-state index is 12.1. The highest BCUT2D eigenvalue weighted by Gasteiger charge is 2.22. The Morgan fingerprint density at radius 3 is 2.33 bits per heavy atom. The highest BCUT2D eigenvalue weighted by molar-refractivity contribution is 7.12. The number of aliphatic carboxylic acids is 1. The van der Waals surface area contributed by atoms with E-state index in [1.807, 2.05) is 6.92 Å². The van der Waals surface area contributed by atoms with Gasteiger partial charge in [0.05, 0.1) is 5.56 Å². The number of carbonyl (C=O) groups excluding carboxylic acids is 2. The van der Waals surface area contributed by atoms with E-state index < -0.39 is 30.9 Å². The molecule has 0 spiro atoms. The molecule has 0 saturated heterocycles. The standard InChI is InChI=1S/C11H14N2O4S/c1-6-3-8(7(2)18-6)11(17)13(4-9(12)14)5-10(15)16/h3H,4-5H2,1-2H3,(H2,12,14)(H,15,16). The quantitative estimate of drug-likeness (QED) is 0.807. The first-order valence-electron chi connectivity index (χ1n) is 5.17. The maximum absolute atomic E-state index is 12.1. The lowest BCUT2D eigenvalue weighted by Gasteiger charge is -2.18. The van der Waals surface area contributed by atoms with E-state index in [0.29, 0.717) is 5.56 Å². The van der Waals surface area contributed by atoms with Gasteiger partial charge < -0.3 is 15.7 Å². The van der Waals surface area contributed by atoms with Gasteiger partial charge in [-0.05, 0) is 19.9 Å². The number of rotatable bonds is 5. The van der Waals surface area contributed by atoms with Gasteiger partial charge in [-0.3, -0.25) is 14.4 Å². The molecule has 0 aliphatic heterocycles. The zero-order chi connectivity index (χ0) is 13.9. The van der Waals surface area contributed by atoms with E-state index in [1.54, 1.807) is 13.0 Å². The Labute approximate surface area is 108 Å². The minimum atomic E-state index is -1.19. The van der Waals surface area contributed by atoms with Crippen molar-refractivity contribution in [2.45, 2.75) is 13.8 Å². The van der Waals surface area contributed by atoms with Crippen LogP contribution in [0.4, 0.5) is 0 Å². The molecule has 0 saturated carbocycles. The Morgan fingerprint density at radius 2 is 1.94 bits per heavy atom. The summed E-state index contributed by atoms with van der Waals surface area (Å²) >= 11 is 1.44. The molecule has 7 heteroatoms. The van der Waals surface area contributed by atoms with Crippen molar-refractivity contribution in [3.8, 4) is 0 Å². The lowest BCUT2D eigenvalue weighted by Crippen LogP contribution is -2.41. The molecule has 1 heterocycles. The largest absolute Gasteiger partial charge is 0.480 e. The summed E-state index contributed by atoms with van der Waals surface area (Å²) in [5, 5.41) is 8.72. The fourth-order valence-corrected chi connectivity index (χ4v) is 2.48. The number of carboxylic acids is 1. The Morgan fingerprint density at radius 1 is 1.33 bits per heavy atom. The van der Waals surface area contributed by atoms with Crippen LogP contribution in [-0.2, 0) is 9.59 Å². The second-order valence-electron chi connectivity index (χ2n) is 3.85. The number of nitrogens with zero attached hydrogens (tertiary/aromatic N) is 1. The summed E-state index contributed by atoms with van der Waals surface area (Å²) in [6.07, 6.45) is 0. The first-order valence-corrected chi connectivity index (χ1v) is 5.99. The second-order valence-corrected chi connectivity index (χ2v) is 5.31. The zero-order valence-electron chi connectivity index (χ0n) is 10.1. The van der Waals surface area contributed by atoms with Crippen LogP contribution in [0.25, 0.3) is 0 Å². The van der Waals surface area contributed by atoms with E-state index in [9.17, 15) is 14.4 Å². The van der Waals surface area contributed by atoms with Crippen molar-refractivity contribution in [1.82, 2.24) is 4.90 Å². The number of hydrogen-bond donors (Lipinski definition) is 2. The van der Waals surface area contributed by atoms with Crippen LogP contribution >= 0.6 is 11.3 Å². The minimum absolute atomic E-state index is 0.403. The lowest BCUT2D eigenvalue weighted by atomic mass is 10.2. The van der Waals surface area contributed by atoms with Gasteiger partial charge in [-0.25, -0.2) is 0 Å². The van der Waals surface area contributed by atoms with E-state index in [1.165, 1.54) is 11.3 Å². The summed E-state index contributed by atoms with van der Waals surface area (Å²) in [5.41, 5.74) is 5.42. The third-order valence-electron chi connectivity index (χ3n) is 2.23. The summed E-state index contributed by atoms with van der Waals surface area (Å²) in [6, 6.07) is 1.68. The van der Waals surface area contributed by atoms with E-state index in [4.69, 9.17) is 10.8 Å². The molecule has 6 nitrogen and oxygen atoms in total. The summed E-state index contributed by atoms with van der Waals surface area (Å²) in [5.74, 6) is -2.42. The summed E-state index contributed by atoms with van der Waals surface area (Å²) < 4.78 is 0. The van der Waals surface area contributed by atoms with Crippen LogP contribution < -0.4 is 5.73 Å². The normalized spacial score (nSPS) is 10.1. The van der Waals surface area contributed by atoms with Crippen LogP contribution in [0.3, 0.4) is 0 Å². The first-order chi connectivity index (χ1) is 8.31. The number of nitrogens with two attached hydrogens (primary N) is 1. The molecule has 18 heavy (non-hydrogen) atoms. The topological polar surface area (TPSA) is 101 Å². The van der Waals surface area contributed by atoms with E-state index in [0.717, 1.165) is 14.7 Å². The Kier molecular flexibility index (Phi) is 4.43. The molecule has 0 bridgehead atoms. The molecular weight excluding hydrogens is 256 g/mol. The number of carbonyl (C=O) groups is 3. The summed E-state index contributed by atoms with van der Waals surface area (Å²) in [4.78, 5) is 36.3. The highest BCUT2D eigenvalue weighted by Crippen LogP contribution is 2.21. The molecule has 0 fully saturated rings. The first kappa shape index (κ1) is 14.2. The number of hydrogen-bond acceptors (Lipinski definition) is 4. The molecule has 3 N–H and O–H groups in total. The van der Waals surface area contributed by atoms with Gasteiger partial charge in [0.1, 0.15) is 13.1 Å². The summed E-state index contributed by atoms with van der Waals surface area (Å²) in [6.45, 7) is 2.67. The fourth-order valence-electron chi connectivity index (χ4n) is 1.56. The predicted molar refractivity (Wildman–Crippen MR) is 66.5 cm³/mol. The molecule has 0 radical (unpaired) electrons. The average Bonchev–Trinajstić information content (AvgIpc) is 2.54. The zero-order valence-corrected chi connectivity index (χ0v) is 10.9. The minimum Gasteiger partial charge on any atom is -0.480 e. The predicted octanol–water partition coefficient (Wildman–Crippen LogP) is 0.377. The Bertz CT molecular complexity index is 479. The SMILES string of the molecule is Cc1cc(C(=O)N(CC(N)=O)CC(=O)O)c(C)s1. The molecule has 0 unspecified atom stereocenters. The maximum Gasteiger partial charge on any atom is 0.323 e. The smallest absolute Gasteiger partial charge is 0.323 e. The Hall–Kier alpha value is -1.89. The number of amides is 2. The molecule has 0 aromatic carbocycles. The van der Waals surface area contributed by atoms with Crippen LogP contribution in [0.1, 0.15) is 20.1 Å². The van der Waals surface area contributed by atoms with Crippen molar-refractivity contribution in [3.05, 3.63) is 21.4 Å². The Balaban J connectivity index is 2.97. The monoisotopic (exact) mass is 270 g/mol. The molecule has 0 atom stereocenters. The van der Waals surface area contributed by atoms with Crippen LogP contribution in [-0.4, -0.2) is 40.9 Å². The van der Waals surface area contributed by atoms with Crippen LogP contribution in [0.5, 0.6) is 0 Å². The second kappa shape index (κ2) is 5.63. The molecule has 2 amide bonds. The van der Waals surface area contributed by atoms with E-state index in [-0.39, 0.29) is 0 Å². The number of thiophene rings is 1. The van der Waals surface area contributed by atoms with Crippen LogP contribution in [0.2, 0.25) is 0 Å². The van der Waals surface area contributed by atoms with Gasteiger partial charge in [0.15, 0.2) is 0 Å². The molecule has 1 rings (SSSR count). The lowest BCUT2D eigenvalue weighted by molar-refractivity contribution is -0.138. The fraction of sp³-hybridized carbons (Fsp3) is 0.364. The highest BCUT2D eigenvalue weighted by atomic mass is 32.1. The molecule has 1 aromatic heterocycles.